The number of nitriles is 1. The van der Waals surface area contributed by atoms with Gasteiger partial charge in [0, 0.05) is 87.8 Å². The van der Waals surface area contributed by atoms with Crippen molar-refractivity contribution >= 4 is 43.9 Å². The minimum atomic E-state index is -0.572. The summed E-state index contributed by atoms with van der Waals surface area (Å²) in [6.07, 6.45) is 9.49. The Balaban J connectivity index is 0.000000445. The molecule has 0 saturated heterocycles. The molecule has 21 nitrogen and oxygen atoms in total. The number of hydrogen-bond donors (Lipinski definition) is 4. The van der Waals surface area contributed by atoms with Gasteiger partial charge in [-0.05, 0) is 119 Å². The van der Waals surface area contributed by atoms with Crippen LogP contribution in [0.15, 0.2) is 79.4 Å². The molecule has 3 unspecified atom stereocenters. The molecule has 0 saturated carbocycles. The number of ether oxygens (including phenoxy) is 12. The molecule has 0 aromatic heterocycles. The number of carbonyl (C=O) groups excluding carboxylic acids is 1. The third kappa shape index (κ3) is 15.6. The average Bonchev–Trinajstić information content (AvgIpc) is 1.09. The number of primary amides is 1. The molecule has 6 aromatic rings. The minimum absolute atomic E-state index is 0. The van der Waals surface area contributed by atoms with Gasteiger partial charge in [0.1, 0.15) is 17.8 Å². The zero-order valence-electron chi connectivity index (χ0n) is 53.8. The molecule has 25 heteroatoms. The normalized spacial score (nSPS) is 16.8. The van der Waals surface area contributed by atoms with E-state index in [2.05, 4.69) is 70.2 Å². The Bertz CT molecular complexity index is 3750. The van der Waals surface area contributed by atoms with Crippen LogP contribution in [0.5, 0.6) is 69.0 Å². The molecule has 8 aliphatic heterocycles. The maximum absolute atomic E-state index is 12.6. The van der Waals surface area contributed by atoms with Crippen LogP contribution in [0, 0.1) is 23.2 Å². The molecule has 483 valence electrons. The number of rotatable bonds is 9. The Kier molecular flexibility index (Phi) is 31.8. The fourth-order valence-electron chi connectivity index (χ4n) is 12.5. The van der Waals surface area contributed by atoms with Gasteiger partial charge >= 0.3 is 80.9 Å². The summed E-state index contributed by atoms with van der Waals surface area (Å²) < 4.78 is 66.3. The van der Waals surface area contributed by atoms with E-state index in [9.17, 15) is 10.1 Å². The number of carbonyl (C=O) groups is 1. The number of nitrogens with two attached hydrogens (primary N) is 2. The molecule has 1 amide bonds. The fourth-order valence-corrected chi connectivity index (χ4v) is 12.5. The zero-order chi connectivity index (χ0) is 62.1. The van der Waals surface area contributed by atoms with Crippen molar-refractivity contribution in [2.45, 2.75) is 58.7 Å². The molecule has 3 radical (unpaired) electrons. The Morgan fingerprint density at radius 1 is 0.677 bits per heavy atom. The van der Waals surface area contributed by atoms with Gasteiger partial charge in [-0.25, -0.2) is 0 Å². The second-order valence-corrected chi connectivity index (χ2v) is 20.2. The van der Waals surface area contributed by atoms with Crippen LogP contribution in [0.2, 0.25) is 0 Å². The number of nitrogens with zero attached hydrogens (tertiary/aromatic N) is 4. The van der Waals surface area contributed by atoms with Crippen LogP contribution >= 0.6 is 0 Å². The van der Waals surface area contributed by atoms with Crippen molar-refractivity contribution in [1.29, 1.82) is 10.5 Å². The quantitative estimate of drug-likeness (QED) is 0.105. The van der Waals surface area contributed by atoms with E-state index >= 15 is 0 Å². The van der Waals surface area contributed by atoms with Gasteiger partial charge in [0.2, 0.25) is 26.3 Å². The van der Waals surface area contributed by atoms with Gasteiger partial charge in [-0.15, -0.1) is 0 Å². The molecule has 8 heterocycles. The number of amides is 1. The summed E-state index contributed by atoms with van der Waals surface area (Å²) in [5, 5.41) is 32.5. The van der Waals surface area contributed by atoms with Crippen LogP contribution in [0.3, 0.4) is 0 Å². The summed E-state index contributed by atoms with van der Waals surface area (Å²) in [6, 6.07) is 25.6. The maximum atomic E-state index is 12.6. The molecule has 6 aromatic carbocycles. The number of halogens is 1. The van der Waals surface area contributed by atoms with Gasteiger partial charge in [-0.1, -0.05) is 45.7 Å². The van der Waals surface area contributed by atoms with E-state index in [4.69, 9.17) is 84.6 Å². The van der Waals surface area contributed by atoms with Crippen molar-refractivity contribution in [3.05, 3.63) is 153 Å². The third-order valence-corrected chi connectivity index (χ3v) is 16.2. The standard InChI is InChI=1S/C21H22N2O5.C21H18N2O4.C21H21NO4.CN.2CH4O.2CH4.B.ClH.K.Na.H/c1-25-15-4-3-12-7-14-13-9-17-16(27-10-28-17)8-11(13)5-6-23(14)19(21(22)24)18(12)20(15)26-2;1-24-17-4-3-13-7-15-14-9-19-18(26-11-27-19)8-12(14)5-6-23(15)16(10-22)20(13)21(17)25-2;1-4-15-13(5-6-18(23-2)21(15)24-3)9-17-16-11-20-19(25-12-26-20)10-14(16)7-8-22-17;3*1-2;;;;;;;/h3-4,8-9,14,19H,5-7,10H2,1-2H3,(H2,22,24);3-4,7-9,16H,5-6,11H2,1-2H3;4-6,9-11,22H,1,7-8,12H2,2-3H3;;2*2H,1H3;2*1H4;;1H;;;/q;;;-1;;;;;;;2*+1;-1/b;;17-9-;;;;;;;;;;. The van der Waals surface area contributed by atoms with Crippen LogP contribution in [-0.4, -0.2) is 131 Å². The Hall–Kier alpha value is -6.78. The van der Waals surface area contributed by atoms with Crippen molar-refractivity contribution in [3.63, 3.8) is 0 Å². The fraction of sp³-hybridized carbons (Fsp3) is 0.338. The number of aliphatic hydroxyl groups excluding tert-OH is 2. The molecular formula is C68H79BClKN6NaO15. The van der Waals surface area contributed by atoms with Crippen LogP contribution in [0.4, 0.5) is 0 Å². The Labute approximate surface area is 619 Å². The smallest absolute Gasteiger partial charge is 1.00 e. The van der Waals surface area contributed by atoms with Crippen molar-refractivity contribution in [2.75, 3.05) is 96.9 Å². The molecule has 0 aliphatic carbocycles. The predicted molar refractivity (Wildman–Crippen MR) is 342 cm³/mol. The average molecular weight is 1330 g/mol. The first-order valence-electron chi connectivity index (χ1n) is 27.9. The van der Waals surface area contributed by atoms with Gasteiger partial charge < -0.3 is 109 Å². The van der Waals surface area contributed by atoms with Crippen molar-refractivity contribution in [3.8, 4) is 75.1 Å². The van der Waals surface area contributed by atoms with Gasteiger partial charge in [-0.3, -0.25) is 9.69 Å². The molecule has 6 N–H and O–H groups in total. The summed E-state index contributed by atoms with van der Waals surface area (Å²) in [4.78, 5) is 16.9. The molecule has 14 rings (SSSR count). The number of quaternary nitrogens is 1. The number of hydrogen-bond acceptors (Lipinski definition) is 19. The summed E-state index contributed by atoms with van der Waals surface area (Å²) >= 11 is 0. The number of fused-ring (bicyclic) bond motifs is 12. The van der Waals surface area contributed by atoms with Crippen molar-refractivity contribution in [2.24, 2.45) is 5.73 Å². The van der Waals surface area contributed by atoms with Crippen LogP contribution in [0.25, 0.3) is 29.6 Å². The van der Waals surface area contributed by atoms with Crippen molar-refractivity contribution in [1.82, 2.24) is 9.80 Å². The van der Waals surface area contributed by atoms with Gasteiger partial charge in [0.15, 0.2) is 69.0 Å². The van der Waals surface area contributed by atoms with E-state index in [-0.39, 0.29) is 150 Å². The van der Waals surface area contributed by atoms with E-state index in [1.54, 1.807) is 48.7 Å². The minimum Gasteiger partial charge on any atom is -1.00 e. The first kappa shape index (κ1) is 80.5. The third-order valence-electron chi connectivity index (χ3n) is 16.2. The predicted octanol–water partition coefficient (Wildman–Crippen LogP) is -0.496. The molecule has 0 fully saturated rings. The second-order valence-electron chi connectivity index (χ2n) is 20.2. The summed E-state index contributed by atoms with van der Waals surface area (Å²) in [5.74, 6) is 8.18. The van der Waals surface area contributed by atoms with Gasteiger partial charge in [0.05, 0.1) is 55.3 Å². The largest absolute Gasteiger partial charge is 1.00 e. The molecule has 0 spiro atoms. The Morgan fingerprint density at radius 3 is 1.70 bits per heavy atom. The Morgan fingerprint density at radius 2 is 1.16 bits per heavy atom. The molecular weight excluding hydrogens is 1250 g/mol. The van der Waals surface area contributed by atoms with E-state index in [0.29, 0.717) is 34.5 Å². The van der Waals surface area contributed by atoms with Crippen LogP contribution in [0.1, 0.15) is 101 Å². The first-order chi connectivity index (χ1) is 42.6. The molecule has 0 bridgehead atoms. The number of benzene rings is 6. The second kappa shape index (κ2) is 36.8. The summed E-state index contributed by atoms with van der Waals surface area (Å²) in [6.45, 7) is 12.0. The van der Waals surface area contributed by atoms with E-state index < -0.39 is 12.1 Å². The van der Waals surface area contributed by atoms with Crippen molar-refractivity contribution < 1.29 is 172 Å². The van der Waals surface area contributed by atoms with Crippen LogP contribution < -0.4 is 161 Å². The summed E-state index contributed by atoms with van der Waals surface area (Å²) in [5.41, 5.74) is 20.9. The summed E-state index contributed by atoms with van der Waals surface area (Å²) in [7, 11) is 11.7. The topological polar surface area (TPSA) is 265 Å². The van der Waals surface area contributed by atoms with E-state index in [1.165, 1.54) is 33.5 Å². The molecule has 93 heavy (non-hydrogen) atoms. The molecule has 8 aliphatic rings. The van der Waals surface area contributed by atoms with E-state index in [1.807, 2.05) is 42.5 Å². The maximum Gasteiger partial charge on any atom is 1.00 e. The zero-order valence-corrected chi connectivity index (χ0v) is 58.7. The molecule has 3 atom stereocenters. The monoisotopic (exact) mass is 1330 g/mol. The number of methoxy groups -OCH3 is 6. The number of aliphatic hydroxyl groups is 2. The SMILES string of the molecule is C.C.C=Cc1c(/C=C2\[NH2+]CCc3cc4c(cc32)OCO4)ccc(OC)c1OC.CO.CO.COc1ccc2c(c1OC)C(C#N)N1CCc3cc4c(cc3C1=C2)OCO4.COc1ccc2c(c1OC)C(C(N)=O)N1CCc3cc4c(cc3C1C2)OCO4.[B].[C-]#N.[Cl-].[H-].[K+].[Na+]. The van der Waals surface area contributed by atoms with E-state index in [0.717, 1.165) is 139 Å². The van der Waals surface area contributed by atoms with Gasteiger partial charge in [-0.2, -0.15) is 5.26 Å². The van der Waals surface area contributed by atoms with Crippen LogP contribution in [-0.2, 0) is 30.5 Å². The van der Waals surface area contributed by atoms with Gasteiger partial charge in [0.25, 0.3) is 0 Å². The first-order valence-corrected chi connectivity index (χ1v) is 27.9.